The van der Waals surface area contributed by atoms with Crippen LogP contribution < -0.4 is 10.2 Å². The molecule has 0 atom stereocenters. The molecule has 0 heterocycles. The summed E-state index contributed by atoms with van der Waals surface area (Å²) in [5.74, 6) is -0.0847. The Kier molecular flexibility index (Phi) is 9.72. The SMILES string of the molecule is CN(C)CCN(Cc1ccccc1)C(=O)COc1ccc(C=NNC(=O)c2ccc(O)c(Cl)c2)c2ccccc12. The second-order valence-corrected chi connectivity index (χ2v) is 9.86. The molecule has 0 bridgehead atoms. The molecule has 2 amide bonds. The van der Waals surface area contributed by atoms with Gasteiger partial charge in [-0.25, -0.2) is 5.43 Å². The zero-order chi connectivity index (χ0) is 28.5. The van der Waals surface area contributed by atoms with Gasteiger partial charge in [0.25, 0.3) is 11.8 Å². The molecule has 8 nitrogen and oxygen atoms in total. The molecule has 0 aliphatic rings. The number of nitrogens with one attached hydrogen (secondary N) is 1. The van der Waals surface area contributed by atoms with Gasteiger partial charge in [0, 0.05) is 36.1 Å². The van der Waals surface area contributed by atoms with Gasteiger partial charge in [-0.15, -0.1) is 0 Å². The summed E-state index contributed by atoms with van der Waals surface area (Å²) in [5, 5.41) is 15.4. The number of benzene rings is 4. The summed E-state index contributed by atoms with van der Waals surface area (Å²) >= 11 is 5.89. The first-order chi connectivity index (χ1) is 19.3. The lowest BCUT2D eigenvalue weighted by molar-refractivity contribution is -0.134. The van der Waals surface area contributed by atoms with Crippen LogP contribution in [0, 0.1) is 0 Å². The highest BCUT2D eigenvalue weighted by molar-refractivity contribution is 6.32. The van der Waals surface area contributed by atoms with Crippen molar-refractivity contribution in [2.24, 2.45) is 5.10 Å². The molecule has 9 heteroatoms. The Morgan fingerprint density at radius 2 is 1.68 bits per heavy atom. The molecule has 0 unspecified atom stereocenters. The molecular formula is C31H31ClN4O4. The van der Waals surface area contributed by atoms with Crippen LogP contribution in [0.25, 0.3) is 10.8 Å². The Morgan fingerprint density at radius 1 is 0.950 bits per heavy atom. The maximum Gasteiger partial charge on any atom is 0.271 e. The molecule has 0 aliphatic carbocycles. The highest BCUT2D eigenvalue weighted by atomic mass is 35.5. The lowest BCUT2D eigenvalue weighted by atomic mass is 10.0. The summed E-state index contributed by atoms with van der Waals surface area (Å²) in [7, 11) is 3.96. The molecule has 0 spiro atoms. The quantitative estimate of drug-likeness (QED) is 0.201. The Balaban J connectivity index is 1.45. The van der Waals surface area contributed by atoms with Crippen molar-refractivity contribution in [2.45, 2.75) is 6.54 Å². The maximum atomic E-state index is 13.2. The van der Waals surface area contributed by atoms with Crippen molar-refractivity contribution in [2.75, 3.05) is 33.8 Å². The molecule has 4 rings (SSSR count). The number of carbonyl (C=O) groups is 2. The standard InChI is InChI=1S/C31H31ClN4O4/c1-35(2)16-17-36(20-22-8-4-3-5-9-22)30(38)21-40-29-15-13-24(25-10-6-7-11-26(25)29)19-33-34-31(39)23-12-14-28(37)27(32)18-23/h3-15,18-19,37H,16-17,20-21H2,1-2H3,(H,34,39). The second kappa shape index (κ2) is 13.6. The molecule has 0 saturated heterocycles. The fraction of sp³-hybridized carbons (Fsp3) is 0.194. The first-order valence-electron chi connectivity index (χ1n) is 12.7. The van der Waals surface area contributed by atoms with Crippen molar-refractivity contribution in [3.05, 3.63) is 107 Å². The first-order valence-corrected chi connectivity index (χ1v) is 13.1. The van der Waals surface area contributed by atoms with Gasteiger partial charge in [0.05, 0.1) is 11.2 Å². The number of hydrogen-bond acceptors (Lipinski definition) is 6. The third-order valence-electron chi connectivity index (χ3n) is 6.23. The average Bonchev–Trinajstić information content (AvgIpc) is 2.96. The zero-order valence-corrected chi connectivity index (χ0v) is 23.1. The second-order valence-electron chi connectivity index (χ2n) is 9.46. The van der Waals surface area contributed by atoms with Crippen LogP contribution in [-0.4, -0.2) is 66.7 Å². The molecule has 0 aromatic heterocycles. The van der Waals surface area contributed by atoms with Crippen molar-refractivity contribution < 1.29 is 19.4 Å². The van der Waals surface area contributed by atoms with E-state index in [0.717, 1.165) is 28.4 Å². The summed E-state index contributed by atoms with van der Waals surface area (Å²) in [5.41, 5.74) is 4.56. The lowest BCUT2D eigenvalue weighted by Gasteiger charge is -2.25. The predicted octanol–water partition coefficient (Wildman–Crippen LogP) is 4.93. The van der Waals surface area contributed by atoms with Crippen LogP contribution in [-0.2, 0) is 11.3 Å². The summed E-state index contributed by atoms with van der Waals surface area (Å²) in [6, 6.07) is 25.3. The van der Waals surface area contributed by atoms with E-state index in [-0.39, 0.29) is 28.8 Å². The van der Waals surface area contributed by atoms with Crippen LogP contribution in [0.4, 0.5) is 0 Å². The predicted molar refractivity (Wildman–Crippen MR) is 158 cm³/mol. The van der Waals surface area contributed by atoms with E-state index in [9.17, 15) is 14.7 Å². The number of carbonyl (C=O) groups excluding carboxylic acids is 2. The Labute approximate surface area is 238 Å². The van der Waals surface area contributed by atoms with Crippen LogP contribution in [0.15, 0.2) is 90.0 Å². The van der Waals surface area contributed by atoms with Crippen LogP contribution in [0.5, 0.6) is 11.5 Å². The molecule has 0 fully saturated rings. The number of nitrogens with zero attached hydrogens (tertiary/aromatic N) is 3. The normalized spacial score (nSPS) is 11.2. The van der Waals surface area contributed by atoms with Gasteiger partial charge in [-0.3, -0.25) is 9.59 Å². The number of likely N-dealkylation sites (N-methyl/N-ethyl adjacent to an activating group) is 1. The molecule has 4 aromatic rings. The highest BCUT2D eigenvalue weighted by Crippen LogP contribution is 2.28. The van der Waals surface area contributed by atoms with Gasteiger partial charge >= 0.3 is 0 Å². The molecule has 206 valence electrons. The van der Waals surface area contributed by atoms with E-state index < -0.39 is 5.91 Å². The molecule has 40 heavy (non-hydrogen) atoms. The summed E-state index contributed by atoms with van der Waals surface area (Å²) in [6.45, 7) is 1.74. The van der Waals surface area contributed by atoms with Crippen molar-refractivity contribution in [1.82, 2.24) is 15.2 Å². The van der Waals surface area contributed by atoms with E-state index in [1.54, 1.807) is 12.3 Å². The molecule has 2 N–H and O–H groups in total. The van der Waals surface area contributed by atoms with Crippen molar-refractivity contribution in [3.63, 3.8) is 0 Å². The third-order valence-corrected chi connectivity index (χ3v) is 6.54. The molecule has 0 radical (unpaired) electrons. The number of phenols is 1. The number of ether oxygens (including phenoxy) is 1. The minimum Gasteiger partial charge on any atom is -0.506 e. The molecule has 0 saturated carbocycles. The average molecular weight is 559 g/mol. The molecule has 0 aliphatic heterocycles. The minimum atomic E-state index is -0.463. The van der Waals surface area contributed by atoms with Gasteiger partial charge in [-0.2, -0.15) is 5.10 Å². The Hall–Kier alpha value is -4.40. The van der Waals surface area contributed by atoms with Crippen molar-refractivity contribution in [1.29, 1.82) is 0 Å². The van der Waals surface area contributed by atoms with Gasteiger partial charge in [0.1, 0.15) is 11.5 Å². The van der Waals surface area contributed by atoms with Crippen LogP contribution in [0.3, 0.4) is 0 Å². The third kappa shape index (κ3) is 7.59. The summed E-state index contributed by atoms with van der Waals surface area (Å²) < 4.78 is 6.03. The van der Waals surface area contributed by atoms with Crippen molar-refractivity contribution >= 4 is 40.4 Å². The van der Waals surface area contributed by atoms with Crippen molar-refractivity contribution in [3.8, 4) is 11.5 Å². The van der Waals surface area contributed by atoms with Crippen LogP contribution in [0.2, 0.25) is 5.02 Å². The van der Waals surface area contributed by atoms with Gasteiger partial charge in [-0.05, 0) is 55.4 Å². The fourth-order valence-electron chi connectivity index (χ4n) is 4.05. The van der Waals surface area contributed by atoms with E-state index in [0.29, 0.717) is 18.8 Å². The number of fused-ring (bicyclic) bond motifs is 1. The number of amides is 2. The maximum absolute atomic E-state index is 13.2. The number of hydrogen-bond donors (Lipinski definition) is 2. The number of halogens is 1. The van der Waals surface area contributed by atoms with E-state index in [4.69, 9.17) is 16.3 Å². The highest BCUT2D eigenvalue weighted by Gasteiger charge is 2.16. The van der Waals surface area contributed by atoms with Crippen LogP contribution in [0.1, 0.15) is 21.5 Å². The van der Waals surface area contributed by atoms with Gasteiger partial charge in [0.15, 0.2) is 6.61 Å². The monoisotopic (exact) mass is 558 g/mol. The number of rotatable bonds is 11. The summed E-state index contributed by atoms with van der Waals surface area (Å²) in [4.78, 5) is 29.4. The van der Waals surface area contributed by atoms with E-state index in [1.807, 2.05) is 84.6 Å². The zero-order valence-electron chi connectivity index (χ0n) is 22.4. The lowest BCUT2D eigenvalue weighted by Crippen LogP contribution is -2.39. The van der Waals surface area contributed by atoms with Crippen LogP contribution >= 0.6 is 11.6 Å². The van der Waals surface area contributed by atoms with Gasteiger partial charge < -0.3 is 19.6 Å². The smallest absolute Gasteiger partial charge is 0.271 e. The topological polar surface area (TPSA) is 94.5 Å². The fourth-order valence-corrected chi connectivity index (χ4v) is 4.23. The Morgan fingerprint density at radius 3 is 2.40 bits per heavy atom. The largest absolute Gasteiger partial charge is 0.506 e. The van der Waals surface area contributed by atoms with E-state index in [1.165, 1.54) is 18.2 Å². The van der Waals surface area contributed by atoms with Gasteiger partial charge in [0.2, 0.25) is 0 Å². The molecule has 4 aromatic carbocycles. The number of hydrazone groups is 1. The number of phenolic OH excluding ortho intramolecular Hbond substituents is 1. The minimum absolute atomic E-state index is 0.0811. The summed E-state index contributed by atoms with van der Waals surface area (Å²) in [6.07, 6.45) is 1.54. The Bertz CT molecular complexity index is 1510. The van der Waals surface area contributed by atoms with Gasteiger partial charge in [-0.1, -0.05) is 66.2 Å². The van der Waals surface area contributed by atoms with E-state index >= 15 is 0 Å². The first kappa shape index (κ1) is 28.6. The number of aromatic hydroxyl groups is 1. The molecular weight excluding hydrogens is 528 g/mol. The van der Waals surface area contributed by atoms with E-state index in [2.05, 4.69) is 10.5 Å².